The van der Waals surface area contributed by atoms with E-state index >= 15 is 0 Å². The topological polar surface area (TPSA) is 89.3 Å². The standard InChI is InChI=1S/C11H15FN2O3S/c1-2-5-14-11(15)7-18(16,17)10-4-3-8(13)6-9(10)12/h3-4,6H,2,5,7,13H2,1H3,(H,14,15). The van der Waals surface area contributed by atoms with Gasteiger partial charge in [-0.3, -0.25) is 4.79 Å². The summed E-state index contributed by atoms with van der Waals surface area (Å²) in [6, 6.07) is 3.25. The first-order chi connectivity index (χ1) is 8.36. The van der Waals surface area contributed by atoms with Crippen LogP contribution in [0.15, 0.2) is 23.1 Å². The summed E-state index contributed by atoms with van der Waals surface area (Å²) < 4.78 is 37.1. The molecule has 0 bridgehead atoms. The Bertz CT molecular complexity index is 543. The van der Waals surface area contributed by atoms with Gasteiger partial charge in [0, 0.05) is 12.2 Å². The SMILES string of the molecule is CCCNC(=O)CS(=O)(=O)c1ccc(N)cc1F. The van der Waals surface area contributed by atoms with Gasteiger partial charge in [0.05, 0.1) is 0 Å². The average molecular weight is 274 g/mol. The molecule has 3 N–H and O–H groups in total. The minimum absolute atomic E-state index is 0.127. The van der Waals surface area contributed by atoms with Crippen molar-refractivity contribution in [3.8, 4) is 0 Å². The molecule has 0 saturated carbocycles. The van der Waals surface area contributed by atoms with E-state index in [-0.39, 0.29) is 5.69 Å². The number of hydrogen-bond donors (Lipinski definition) is 2. The van der Waals surface area contributed by atoms with Crippen molar-refractivity contribution in [3.63, 3.8) is 0 Å². The van der Waals surface area contributed by atoms with Crippen molar-refractivity contribution in [2.45, 2.75) is 18.2 Å². The molecule has 0 heterocycles. The molecule has 18 heavy (non-hydrogen) atoms. The van der Waals surface area contributed by atoms with E-state index < -0.39 is 32.2 Å². The fourth-order valence-corrected chi connectivity index (χ4v) is 2.57. The molecule has 0 fully saturated rings. The van der Waals surface area contributed by atoms with Crippen LogP contribution in [0, 0.1) is 5.82 Å². The molecule has 1 aromatic carbocycles. The predicted molar refractivity (Wildman–Crippen MR) is 66.2 cm³/mol. The highest BCUT2D eigenvalue weighted by Crippen LogP contribution is 2.18. The van der Waals surface area contributed by atoms with Crippen LogP contribution in [-0.4, -0.2) is 26.6 Å². The number of halogens is 1. The molecule has 5 nitrogen and oxygen atoms in total. The van der Waals surface area contributed by atoms with E-state index in [4.69, 9.17) is 5.73 Å². The Kier molecular flexibility index (Phi) is 4.66. The quantitative estimate of drug-likeness (QED) is 0.774. The van der Waals surface area contributed by atoms with Crippen LogP contribution in [-0.2, 0) is 14.6 Å². The van der Waals surface area contributed by atoms with Crippen molar-refractivity contribution in [1.29, 1.82) is 0 Å². The summed E-state index contributed by atoms with van der Waals surface area (Å²) in [7, 11) is -3.98. The summed E-state index contributed by atoms with van der Waals surface area (Å²) >= 11 is 0. The van der Waals surface area contributed by atoms with Crippen LogP contribution in [0.25, 0.3) is 0 Å². The summed E-state index contributed by atoms with van der Waals surface area (Å²) in [6.07, 6.45) is 0.696. The van der Waals surface area contributed by atoms with E-state index in [0.29, 0.717) is 13.0 Å². The normalized spacial score (nSPS) is 11.2. The summed E-state index contributed by atoms with van der Waals surface area (Å²) in [5.41, 5.74) is 5.45. The van der Waals surface area contributed by atoms with Crippen molar-refractivity contribution >= 4 is 21.4 Å². The van der Waals surface area contributed by atoms with Crippen LogP contribution >= 0.6 is 0 Å². The van der Waals surface area contributed by atoms with Gasteiger partial charge in [-0.1, -0.05) is 6.92 Å². The maximum Gasteiger partial charge on any atom is 0.235 e. The molecule has 0 spiro atoms. The molecule has 1 rings (SSSR count). The molecule has 0 aliphatic carbocycles. The molecular formula is C11H15FN2O3S. The van der Waals surface area contributed by atoms with E-state index in [0.717, 1.165) is 12.1 Å². The van der Waals surface area contributed by atoms with Crippen LogP contribution in [0.5, 0.6) is 0 Å². The lowest BCUT2D eigenvalue weighted by Crippen LogP contribution is -2.31. The van der Waals surface area contributed by atoms with Gasteiger partial charge in [-0.2, -0.15) is 0 Å². The largest absolute Gasteiger partial charge is 0.399 e. The molecule has 0 unspecified atom stereocenters. The van der Waals surface area contributed by atoms with E-state index in [2.05, 4.69) is 5.32 Å². The monoisotopic (exact) mass is 274 g/mol. The highest BCUT2D eigenvalue weighted by Gasteiger charge is 2.22. The summed E-state index contributed by atoms with van der Waals surface area (Å²) in [6.45, 7) is 2.23. The maximum atomic E-state index is 13.5. The third-order valence-corrected chi connectivity index (χ3v) is 3.83. The zero-order valence-corrected chi connectivity index (χ0v) is 10.8. The minimum Gasteiger partial charge on any atom is -0.399 e. The van der Waals surface area contributed by atoms with Crippen molar-refractivity contribution < 1.29 is 17.6 Å². The molecule has 0 saturated heterocycles. The number of rotatable bonds is 5. The molecule has 0 atom stereocenters. The van der Waals surface area contributed by atoms with Crippen molar-refractivity contribution in [2.24, 2.45) is 0 Å². The predicted octanol–water partition coefficient (Wildman–Crippen LogP) is 0.708. The van der Waals surface area contributed by atoms with Gasteiger partial charge >= 0.3 is 0 Å². The Labute approximate surface area is 105 Å². The number of benzene rings is 1. The fraction of sp³-hybridized carbons (Fsp3) is 0.364. The van der Waals surface area contributed by atoms with E-state index in [1.807, 2.05) is 6.92 Å². The van der Waals surface area contributed by atoms with Crippen molar-refractivity contribution in [1.82, 2.24) is 5.32 Å². The Morgan fingerprint density at radius 2 is 2.11 bits per heavy atom. The number of amides is 1. The fourth-order valence-electron chi connectivity index (χ4n) is 1.34. The molecule has 7 heteroatoms. The lowest BCUT2D eigenvalue weighted by molar-refractivity contribution is -0.118. The Morgan fingerprint density at radius 3 is 2.67 bits per heavy atom. The van der Waals surface area contributed by atoms with Gasteiger partial charge in [0.1, 0.15) is 16.5 Å². The maximum absolute atomic E-state index is 13.5. The minimum atomic E-state index is -3.98. The number of anilines is 1. The van der Waals surface area contributed by atoms with Crippen LogP contribution in [0.2, 0.25) is 0 Å². The van der Waals surface area contributed by atoms with Crippen LogP contribution in [0.1, 0.15) is 13.3 Å². The van der Waals surface area contributed by atoms with E-state index in [9.17, 15) is 17.6 Å². The number of nitrogens with two attached hydrogens (primary N) is 1. The second-order valence-corrected chi connectivity index (χ2v) is 5.76. The highest BCUT2D eigenvalue weighted by molar-refractivity contribution is 7.92. The highest BCUT2D eigenvalue weighted by atomic mass is 32.2. The molecule has 0 aliphatic heterocycles. The number of carbonyl (C=O) groups is 1. The summed E-state index contributed by atoms with van der Waals surface area (Å²) in [4.78, 5) is 10.8. The van der Waals surface area contributed by atoms with Crippen LogP contribution < -0.4 is 11.1 Å². The first kappa shape index (κ1) is 14.4. The zero-order chi connectivity index (χ0) is 13.8. The molecule has 0 aliphatic rings. The Morgan fingerprint density at radius 1 is 1.44 bits per heavy atom. The second-order valence-electron chi connectivity index (χ2n) is 3.80. The Balaban J connectivity index is 2.90. The number of nitrogens with one attached hydrogen (secondary N) is 1. The van der Waals surface area contributed by atoms with Crippen molar-refractivity contribution in [2.75, 3.05) is 18.0 Å². The lowest BCUT2D eigenvalue weighted by Gasteiger charge is -2.06. The molecule has 0 aromatic heterocycles. The van der Waals surface area contributed by atoms with Gasteiger partial charge in [-0.25, -0.2) is 12.8 Å². The third-order valence-electron chi connectivity index (χ3n) is 2.18. The molecule has 100 valence electrons. The van der Waals surface area contributed by atoms with Crippen LogP contribution in [0.3, 0.4) is 0 Å². The van der Waals surface area contributed by atoms with Crippen molar-refractivity contribution in [3.05, 3.63) is 24.0 Å². The van der Waals surface area contributed by atoms with Gasteiger partial charge in [-0.05, 0) is 24.6 Å². The average Bonchev–Trinajstić information content (AvgIpc) is 2.25. The van der Waals surface area contributed by atoms with Gasteiger partial charge in [0.25, 0.3) is 0 Å². The van der Waals surface area contributed by atoms with Gasteiger partial charge in [0.15, 0.2) is 9.84 Å². The first-order valence-corrected chi connectivity index (χ1v) is 7.06. The summed E-state index contributed by atoms with van der Waals surface area (Å²) in [5.74, 6) is -2.36. The lowest BCUT2D eigenvalue weighted by atomic mass is 10.3. The molecule has 1 aromatic rings. The molecule has 0 radical (unpaired) electrons. The number of nitrogen functional groups attached to an aromatic ring is 1. The summed E-state index contributed by atoms with van der Waals surface area (Å²) in [5, 5.41) is 2.42. The first-order valence-electron chi connectivity index (χ1n) is 5.41. The van der Waals surface area contributed by atoms with Crippen LogP contribution in [0.4, 0.5) is 10.1 Å². The third kappa shape index (κ3) is 3.69. The number of carbonyl (C=O) groups excluding carboxylic acids is 1. The molecule has 1 amide bonds. The Hall–Kier alpha value is -1.63. The molecular weight excluding hydrogens is 259 g/mol. The van der Waals surface area contributed by atoms with Gasteiger partial charge in [-0.15, -0.1) is 0 Å². The second kappa shape index (κ2) is 5.81. The number of sulfone groups is 1. The van der Waals surface area contributed by atoms with Gasteiger partial charge < -0.3 is 11.1 Å². The van der Waals surface area contributed by atoms with E-state index in [1.165, 1.54) is 6.07 Å². The zero-order valence-electron chi connectivity index (χ0n) is 9.94. The smallest absolute Gasteiger partial charge is 0.235 e. The number of hydrogen-bond acceptors (Lipinski definition) is 4. The van der Waals surface area contributed by atoms with Gasteiger partial charge in [0.2, 0.25) is 5.91 Å². The van der Waals surface area contributed by atoms with E-state index in [1.54, 1.807) is 0 Å².